The number of hydrogen-bond acceptors (Lipinski definition) is 6. The lowest BCUT2D eigenvalue weighted by Gasteiger charge is -2.28. The van der Waals surface area contributed by atoms with Crippen LogP contribution in [0.1, 0.15) is 12.0 Å². The summed E-state index contributed by atoms with van der Waals surface area (Å²) in [5, 5.41) is 9.71. The third-order valence-electron chi connectivity index (χ3n) is 4.96. The van der Waals surface area contributed by atoms with E-state index in [-0.39, 0.29) is 37.3 Å². The molecule has 0 bridgehead atoms. The van der Waals surface area contributed by atoms with Crippen molar-refractivity contribution in [3.05, 3.63) is 35.7 Å². The van der Waals surface area contributed by atoms with Gasteiger partial charge in [-0.3, -0.25) is 19.1 Å². The summed E-state index contributed by atoms with van der Waals surface area (Å²) >= 11 is 0. The number of benzene rings is 1. The minimum Gasteiger partial charge on any atom is -0.434 e. The molecule has 1 fully saturated rings. The number of carbonyl (C=O) groups is 3. The number of ether oxygens (including phenoxy) is 1. The number of anilines is 1. The standard InChI is InChI=1S/C18H21FN3O8P/c19-13-7-11(22-8-15(16(20)24)30-18(22)26)1-2-12(13)10-3-5-21(6-4-10)17(25)14(23)9-31(27,28)29/h1-3,7,14-15,23H,4-6,8-9H2,(H2,20,24)(H2,27,28,29)/t14-,15?/m1/s1. The molecule has 168 valence electrons. The fraction of sp³-hybridized carbons (Fsp3) is 0.389. The summed E-state index contributed by atoms with van der Waals surface area (Å²) in [6, 6.07) is 4.08. The molecule has 13 heteroatoms. The molecule has 2 aliphatic rings. The van der Waals surface area contributed by atoms with Crippen LogP contribution in [0.25, 0.3) is 5.57 Å². The topological polar surface area (TPSA) is 171 Å². The number of hydrogen-bond donors (Lipinski definition) is 4. The number of amides is 3. The molecule has 1 aromatic rings. The number of nitrogens with zero attached hydrogens (tertiary/aromatic N) is 2. The maximum Gasteiger partial charge on any atom is 0.415 e. The summed E-state index contributed by atoms with van der Waals surface area (Å²) in [5.41, 5.74) is 6.17. The Balaban J connectivity index is 1.69. The van der Waals surface area contributed by atoms with Crippen molar-refractivity contribution in [2.75, 3.05) is 30.7 Å². The molecular weight excluding hydrogens is 436 g/mol. The highest BCUT2D eigenvalue weighted by Gasteiger charge is 2.36. The van der Waals surface area contributed by atoms with Crippen molar-refractivity contribution < 1.29 is 43.0 Å². The predicted octanol–water partition coefficient (Wildman–Crippen LogP) is -0.210. The molecule has 1 aromatic carbocycles. The summed E-state index contributed by atoms with van der Waals surface area (Å²) in [6.45, 7) is 0.0405. The third kappa shape index (κ3) is 5.28. The second kappa shape index (κ2) is 8.75. The highest BCUT2D eigenvalue weighted by molar-refractivity contribution is 7.51. The summed E-state index contributed by atoms with van der Waals surface area (Å²) in [7, 11) is -4.55. The van der Waals surface area contributed by atoms with Crippen molar-refractivity contribution >= 4 is 36.8 Å². The first-order valence-electron chi connectivity index (χ1n) is 9.24. The number of halogens is 1. The van der Waals surface area contributed by atoms with Crippen LogP contribution in [0.5, 0.6) is 0 Å². The van der Waals surface area contributed by atoms with Crippen LogP contribution in [0, 0.1) is 5.82 Å². The molecule has 2 atom stereocenters. The van der Waals surface area contributed by atoms with Gasteiger partial charge in [0.2, 0.25) is 0 Å². The lowest BCUT2D eigenvalue weighted by molar-refractivity contribution is -0.138. The minimum absolute atomic E-state index is 0.0340. The average Bonchev–Trinajstić information content (AvgIpc) is 3.08. The van der Waals surface area contributed by atoms with Crippen LogP contribution in [-0.2, 0) is 18.9 Å². The number of rotatable bonds is 6. The van der Waals surface area contributed by atoms with Crippen LogP contribution in [0.2, 0.25) is 0 Å². The van der Waals surface area contributed by atoms with Crippen LogP contribution < -0.4 is 10.6 Å². The molecule has 3 rings (SSSR count). The quantitative estimate of drug-likeness (QED) is 0.425. The fourth-order valence-corrected chi connectivity index (χ4v) is 3.99. The Hall–Kier alpha value is -2.79. The van der Waals surface area contributed by atoms with Crippen molar-refractivity contribution in [1.29, 1.82) is 0 Å². The van der Waals surface area contributed by atoms with Crippen molar-refractivity contribution in [3.63, 3.8) is 0 Å². The van der Waals surface area contributed by atoms with E-state index in [1.165, 1.54) is 17.0 Å². The first-order chi connectivity index (χ1) is 14.5. The van der Waals surface area contributed by atoms with Gasteiger partial charge in [-0.25, -0.2) is 9.18 Å². The Morgan fingerprint density at radius 3 is 2.58 bits per heavy atom. The van der Waals surface area contributed by atoms with Gasteiger partial charge >= 0.3 is 13.7 Å². The molecule has 31 heavy (non-hydrogen) atoms. The molecule has 0 radical (unpaired) electrons. The number of primary amides is 1. The molecule has 11 nitrogen and oxygen atoms in total. The Kier molecular flexibility index (Phi) is 6.46. The molecule has 0 aromatic heterocycles. The van der Waals surface area contributed by atoms with Crippen molar-refractivity contribution in [2.45, 2.75) is 18.6 Å². The lowest BCUT2D eigenvalue weighted by Crippen LogP contribution is -2.42. The number of carbonyl (C=O) groups excluding carboxylic acids is 3. The summed E-state index contributed by atoms with van der Waals surface area (Å²) in [4.78, 5) is 55.3. The third-order valence-corrected chi connectivity index (χ3v) is 5.78. The smallest absolute Gasteiger partial charge is 0.415 e. The SMILES string of the molecule is NC(=O)C1CN(c2ccc(C3=CCN(C(=O)[C@H](O)CP(=O)(O)O)CC3)c(F)c2)C(=O)O1. The fourth-order valence-electron chi connectivity index (χ4n) is 3.38. The van der Waals surface area contributed by atoms with Gasteiger partial charge in [0.05, 0.1) is 18.4 Å². The van der Waals surface area contributed by atoms with E-state index in [4.69, 9.17) is 20.3 Å². The average molecular weight is 457 g/mol. The Morgan fingerprint density at radius 2 is 2.06 bits per heavy atom. The number of aliphatic hydroxyl groups excluding tert-OH is 1. The molecule has 0 aliphatic carbocycles. The Bertz CT molecular complexity index is 994. The van der Waals surface area contributed by atoms with Gasteiger partial charge in [-0.15, -0.1) is 0 Å². The van der Waals surface area contributed by atoms with Gasteiger partial charge in [0.1, 0.15) is 11.9 Å². The van der Waals surface area contributed by atoms with Gasteiger partial charge in [0.15, 0.2) is 6.10 Å². The minimum atomic E-state index is -4.55. The maximum absolute atomic E-state index is 14.7. The van der Waals surface area contributed by atoms with E-state index < -0.39 is 49.7 Å². The Labute approximate surface area is 176 Å². The van der Waals surface area contributed by atoms with Gasteiger partial charge in [0.25, 0.3) is 11.8 Å². The predicted molar refractivity (Wildman–Crippen MR) is 105 cm³/mol. The molecule has 2 aliphatic heterocycles. The van der Waals surface area contributed by atoms with E-state index in [2.05, 4.69) is 0 Å². The summed E-state index contributed by atoms with van der Waals surface area (Å²) in [6.07, 6.45) is -2.88. The maximum atomic E-state index is 14.7. The van der Waals surface area contributed by atoms with Gasteiger partial charge in [-0.05, 0) is 30.2 Å². The van der Waals surface area contributed by atoms with Gasteiger partial charge in [-0.1, -0.05) is 6.08 Å². The molecular formula is C18H21FN3O8P. The zero-order valence-electron chi connectivity index (χ0n) is 16.2. The monoisotopic (exact) mass is 457 g/mol. The largest absolute Gasteiger partial charge is 0.434 e. The van der Waals surface area contributed by atoms with Crippen LogP contribution in [-0.4, -0.2) is 75.7 Å². The highest BCUT2D eigenvalue weighted by atomic mass is 31.2. The summed E-state index contributed by atoms with van der Waals surface area (Å²) < 4.78 is 30.5. The first kappa shape index (κ1) is 22.9. The first-order valence-corrected chi connectivity index (χ1v) is 11.0. The van der Waals surface area contributed by atoms with E-state index >= 15 is 0 Å². The van der Waals surface area contributed by atoms with Crippen molar-refractivity contribution in [2.24, 2.45) is 5.73 Å². The summed E-state index contributed by atoms with van der Waals surface area (Å²) in [5.74, 6) is -2.24. The molecule has 0 saturated carbocycles. The van der Waals surface area contributed by atoms with Crippen LogP contribution in [0.4, 0.5) is 14.9 Å². The van der Waals surface area contributed by atoms with Gasteiger partial charge in [-0.2, -0.15) is 0 Å². The molecule has 0 spiro atoms. The second-order valence-corrected chi connectivity index (χ2v) is 8.87. The van der Waals surface area contributed by atoms with E-state index in [1.807, 2.05) is 0 Å². The molecule has 1 saturated heterocycles. The van der Waals surface area contributed by atoms with E-state index in [0.717, 1.165) is 11.0 Å². The highest BCUT2D eigenvalue weighted by Crippen LogP contribution is 2.35. The lowest BCUT2D eigenvalue weighted by atomic mass is 9.98. The van der Waals surface area contributed by atoms with E-state index in [0.29, 0.717) is 5.57 Å². The van der Waals surface area contributed by atoms with Crippen LogP contribution >= 0.6 is 7.60 Å². The normalized spacial score (nSPS) is 20.3. The van der Waals surface area contributed by atoms with Crippen molar-refractivity contribution in [3.8, 4) is 0 Å². The number of cyclic esters (lactones) is 1. The molecule has 2 heterocycles. The number of aliphatic hydroxyl groups is 1. The zero-order chi connectivity index (χ0) is 22.9. The second-order valence-electron chi connectivity index (χ2n) is 7.18. The van der Waals surface area contributed by atoms with E-state index in [1.54, 1.807) is 6.08 Å². The molecule has 3 amide bonds. The van der Waals surface area contributed by atoms with Gasteiger partial charge in [0, 0.05) is 18.7 Å². The Morgan fingerprint density at radius 1 is 1.35 bits per heavy atom. The van der Waals surface area contributed by atoms with Crippen molar-refractivity contribution in [1.82, 2.24) is 4.90 Å². The zero-order valence-corrected chi connectivity index (χ0v) is 17.1. The van der Waals surface area contributed by atoms with Crippen LogP contribution in [0.15, 0.2) is 24.3 Å². The molecule has 5 N–H and O–H groups in total. The van der Waals surface area contributed by atoms with Crippen LogP contribution in [0.3, 0.4) is 0 Å². The van der Waals surface area contributed by atoms with E-state index in [9.17, 15) is 28.4 Å². The number of nitrogens with two attached hydrogens (primary N) is 1. The van der Waals surface area contributed by atoms with Gasteiger partial charge < -0.3 is 30.3 Å². The molecule has 1 unspecified atom stereocenters.